The van der Waals surface area contributed by atoms with Gasteiger partial charge in [0.2, 0.25) is 0 Å². The Kier molecular flexibility index (Phi) is 4.28. The number of rotatable bonds is 4. The minimum atomic E-state index is -0.976. The number of carbonyl (C=O) groups is 2. The highest BCUT2D eigenvalue weighted by molar-refractivity contribution is 7.95. The maximum atomic E-state index is 11.9. The molecule has 6 nitrogen and oxygen atoms in total. The Balaban J connectivity index is 2.68. The van der Waals surface area contributed by atoms with Crippen LogP contribution >= 0.6 is 12.1 Å². The molecule has 0 heterocycles. The lowest BCUT2D eigenvalue weighted by Crippen LogP contribution is -2.50. The van der Waals surface area contributed by atoms with Crippen LogP contribution in [-0.4, -0.2) is 23.1 Å². The minimum absolute atomic E-state index is 0.0998. The molecule has 4 N–H and O–H groups in total. The van der Waals surface area contributed by atoms with E-state index in [1.54, 1.807) is 26.8 Å². The average molecular weight is 273 g/mol. The summed E-state index contributed by atoms with van der Waals surface area (Å²) in [6.07, 6.45) is 1.52. The van der Waals surface area contributed by atoms with Crippen LogP contribution in [0, 0.1) is 5.92 Å². The monoisotopic (exact) mass is 273 g/mol. The largest absolute Gasteiger partial charge is 0.444 e. The van der Waals surface area contributed by atoms with Crippen LogP contribution in [0.2, 0.25) is 0 Å². The molecule has 0 aliphatic heterocycles. The fraction of sp³-hybridized carbons (Fsp3) is 0.636. The first-order chi connectivity index (χ1) is 8.25. The smallest absolute Gasteiger partial charge is 0.408 e. The molecule has 0 aromatic carbocycles. The van der Waals surface area contributed by atoms with E-state index in [9.17, 15) is 9.59 Å². The first-order valence-electron chi connectivity index (χ1n) is 5.55. The highest BCUT2D eigenvalue weighted by Gasteiger charge is 2.60. The Hall–Kier alpha value is -1.21. The van der Waals surface area contributed by atoms with Crippen LogP contribution in [0.15, 0.2) is 12.7 Å². The second-order valence-corrected chi connectivity index (χ2v) is 5.63. The van der Waals surface area contributed by atoms with Crippen molar-refractivity contribution in [2.24, 2.45) is 11.1 Å². The standard InChI is InChI=1S/C11H19N3O3S/c1-5-7-6-11(7,8(15)14-18-12)13-9(16)17-10(2,3)4/h5,7H,1,6,12H2,2-4H3,(H,13,16)(H,14,15)/t7-,11-/m1/s1. The molecule has 0 aromatic heterocycles. The third-order valence-corrected chi connectivity index (χ3v) is 2.88. The summed E-state index contributed by atoms with van der Waals surface area (Å²) in [4.78, 5) is 23.6. The van der Waals surface area contributed by atoms with Gasteiger partial charge in [-0.05, 0) is 27.2 Å². The zero-order valence-electron chi connectivity index (χ0n) is 10.8. The second-order valence-electron chi connectivity index (χ2n) is 5.19. The molecule has 0 unspecified atom stereocenters. The topological polar surface area (TPSA) is 93.4 Å². The fourth-order valence-electron chi connectivity index (χ4n) is 1.66. The van der Waals surface area contributed by atoms with Gasteiger partial charge in [-0.2, -0.15) is 0 Å². The summed E-state index contributed by atoms with van der Waals surface area (Å²) >= 11 is 0.703. The first kappa shape index (κ1) is 14.8. The van der Waals surface area contributed by atoms with Gasteiger partial charge in [0, 0.05) is 18.1 Å². The predicted molar refractivity (Wildman–Crippen MR) is 70.3 cm³/mol. The molecule has 7 heteroatoms. The number of hydrogen-bond donors (Lipinski definition) is 3. The summed E-state index contributed by atoms with van der Waals surface area (Å²) in [5.41, 5.74) is -1.58. The molecule has 0 bridgehead atoms. The molecule has 0 spiro atoms. The van der Waals surface area contributed by atoms with Gasteiger partial charge < -0.3 is 10.1 Å². The minimum Gasteiger partial charge on any atom is -0.444 e. The molecular weight excluding hydrogens is 254 g/mol. The molecule has 18 heavy (non-hydrogen) atoms. The SMILES string of the molecule is C=C[C@@H]1C[C@]1(NC(=O)OC(C)(C)C)C(=O)NSN. The molecule has 102 valence electrons. The van der Waals surface area contributed by atoms with Crippen molar-refractivity contribution in [2.45, 2.75) is 38.3 Å². The highest BCUT2D eigenvalue weighted by Crippen LogP contribution is 2.44. The number of amides is 2. The van der Waals surface area contributed by atoms with Crippen LogP contribution in [0.25, 0.3) is 0 Å². The maximum Gasteiger partial charge on any atom is 0.408 e. The van der Waals surface area contributed by atoms with Crippen molar-refractivity contribution in [3.63, 3.8) is 0 Å². The second kappa shape index (κ2) is 5.19. The van der Waals surface area contributed by atoms with Gasteiger partial charge in [-0.25, -0.2) is 4.79 Å². The molecule has 1 aliphatic rings. The van der Waals surface area contributed by atoms with Gasteiger partial charge in [-0.3, -0.25) is 14.7 Å². The van der Waals surface area contributed by atoms with Crippen molar-refractivity contribution in [1.29, 1.82) is 0 Å². The van der Waals surface area contributed by atoms with Crippen LogP contribution in [-0.2, 0) is 9.53 Å². The highest BCUT2D eigenvalue weighted by atomic mass is 32.2. The number of ether oxygens (including phenoxy) is 1. The van der Waals surface area contributed by atoms with E-state index in [-0.39, 0.29) is 11.8 Å². The van der Waals surface area contributed by atoms with Gasteiger partial charge in [0.1, 0.15) is 11.1 Å². The molecule has 2 atom stereocenters. The third kappa shape index (κ3) is 3.39. The van der Waals surface area contributed by atoms with E-state index < -0.39 is 17.2 Å². The number of alkyl carbamates (subject to hydrolysis) is 1. The van der Waals surface area contributed by atoms with Crippen molar-refractivity contribution in [3.05, 3.63) is 12.7 Å². The van der Waals surface area contributed by atoms with Gasteiger partial charge in [0.05, 0.1) is 0 Å². The zero-order chi connectivity index (χ0) is 14.0. The van der Waals surface area contributed by atoms with E-state index >= 15 is 0 Å². The quantitative estimate of drug-likeness (QED) is 0.526. The third-order valence-electron chi connectivity index (χ3n) is 2.58. The summed E-state index contributed by atoms with van der Waals surface area (Å²) in [5.74, 6) is -0.442. The zero-order valence-corrected chi connectivity index (χ0v) is 11.6. The van der Waals surface area contributed by atoms with Crippen molar-refractivity contribution >= 4 is 24.1 Å². The molecule has 0 aromatic rings. The van der Waals surface area contributed by atoms with Crippen molar-refractivity contribution in [1.82, 2.24) is 10.0 Å². The Morgan fingerprint density at radius 1 is 1.56 bits per heavy atom. The van der Waals surface area contributed by atoms with E-state index in [2.05, 4.69) is 16.6 Å². The lowest BCUT2D eigenvalue weighted by atomic mass is 10.2. The molecule has 2 amide bonds. The van der Waals surface area contributed by atoms with Gasteiger partial charge >= 0.3 is 6.09 Å². The molecule has 1 saturated carbocycles. The Morgan fingerprint density at radius 3 is 2.56 bits per heavy atom. The van der Waals surface area contributed by atoms with Gasteiger partial charge in [-0.1, -0.05) is 6.08 Å². The molecule has 0 radical (unpaired) electrons. The summed E-state index contributed by atoms with van der Waals surface area (Å²) in [6.45, 7) is 8.90. The van der Waals surface area contributed by atoms with Crippen LogP contribution in [0.4, 0.5) is 4.79 Å². The molecular formula is C11H19N3O3S. The van der Waals surface area contributed by atoms with E-state index in [0.717, 1.165) is 0 Å². The molecule has 1 fully saturated rings. The van der Waals surface area contributed by atoms with Crippen LogP contribution in [0.3, 0.4) is 0 Å². The Bertz CT molecular complexity index is 367. The van der Waals surface area contributed by atoms with Crippen molar-refractivity contribution in [2.75, 3.05) is 0 Å². The van der Waals surface area contributed by atoms with E-state index in [4.69, 9.17) is 9.88 Å². The van der Waals surface area contributed by atoms with Crippen LogP contribution in [0.5, 0.6) is 0 Å². The van der Waals surface area contributed by atoms with Crippen molar-refractivity contribution < 1.29 is 14.3 Å². The van der Waals surface area contributed by atoms with E-state index in [0.29, 0.717) is 18.6 Å². The molecule has 1 aliphatic carbocycles. The number of nitrogens with one attached hydrogen (secondary N) is 2. The van der Waals surface area contributed by atoms with Gasteiger partial charge in [0.25, 0.3) is 5.91 Å². The summed E-state index contributed by atoms with van der Waals surface area (Å²) < 4.78 is 7.55. The normalized spacial score (nSPS) is 26.1. The number of nitrogens with two attached hydrogens (primary N) is 1. The van der Waals surface area contributed by atoms with Crippen LogP contribution in [0.1, 0.15) is 27.2 Å². The average Bonchev–Trinajstić information content (AvgIpc) is 2.90. The predicted octanol–water partition coefficient (Wildman–Crippen LogP) is 1.09. The van der Waals surface area contributed by atoms with Gasteiger partial charge in [0.15, 0.2) is 0 Å². The Morgan fingerprint density at radius 2 is 2.17 bits per heavy atom. The molecule has 0 saturated heterocycles. The Labute approximate surface area is 111 Å². The summed E-state index contributed by atoms with van der Waals surface area (Å²) in [7, 11) is 0. The van der Waals surface area contributed by atoms with E-state index in [1.807, 2.05) is 0 Å². The maximum absolute atomic E-state index is 11.9. The lowest BCUT2D eigenvalue weighted by Gasteiger charge is -2.23. The fourth-order valence-corrected chi connectivity index (χ4v) is 1.95. The first-order valence-corrected chi connectivity index (χ1v) is 6.43. The molecule has 1 rings (SSSR count). The summed E-state index contributed by atoms with van der Waals surface area (Å²) in [6, 6.07) is 0. The number of hydrogen-bond acceptors (Lipinski definition) is 5. The van der Waals surface area contributed by atoms with Gasteiger partial charge in [-0.15, -0.1) is 6.58 Å². The lowest BCUT2D eigenvalue weighted by molar-refractivity contribution is -0.122. The summed E-state index contributed by atoms with van der Waals surface area (Å²) in [5, 5.41) is 7.78. The van der Waals surface area contributed by atoms with Crippen molar-refractivity contribution in [3.8, 4) is 0 Å². The van der Waals surface area contributed by atoms with E-state index in [1.165, 1.54) is 0 Å². The number of carbonyl (C=O) groups excluding carboxylic acids is 2. The van der Waals surface area contributed by atoms with Crippen LogP contribution < -0.4 is 15.2 Å².